The Labute approximate surface area is 193 Å². The summed E-state index contributed by atoms with van der Waals surface area (Å²) in [4.78, 5) is 0. The summed E-state index contributed by atoms with van der Waals surface area (Å²) in [6.07, 6.45) is 1.93. The van der Waals surface area contributed by atoms with Gasteiger partial charge in [0, 0.05) is 0 Å². The molecule has 0 aliphatic rings. The van der Waals surface area contributed by atoms with Crippen LogP contribution in [0.2, 0.25) is 0 Å². The van der Waals surface area contributed by atoms with Crippen LogP contribution in [0.15, 0.2) is 60.7 Å². The zero-order chi connectivity index (χ0) is 20.1. The standard InChI is InChI=1S/C24H19I2NO/c1-16-6-8-20(9-7-16)21(14-27)11-19-12-22(25)24(23(26)13-19)28-15-18-5-3-4-17(2)10-18/h3-13H,15H2,1-2H3/b21-11-. The molecule has 0 amide bonds. The number of aryl methyl sites for hydroxylation is 2. The molecule has 0 atom stereocenters. The van der Waals surface area contributed by atoms with E-state index < -0.39 is 0 Å². The molecule has 0 heterocycles. The Hall–Kier alpha value is -1.85. The largest absolute Gasteiger partial charge is 0.487 e. The first-order valence-electron chi connectivity index (χ1n) is 8.82. The predicted octanol–water partition coefficient (Wildman–Crippen LogP) is 7.16. The van der Waals surface area contributed by atoms with E-state index in [4.69, 9.17) is 4.74 Å². The van der Waals surface area contributed by atoms with Crippen molar-refractivity contribution in [3.63, 3.8) is 0 Å². The summed E-state index contributed by atoms with van der Waals surface area (Å²) >= 11 is 4.59. The minimum Gasteiger partial charge on any atom is -0.487 e. The highest BCUT2D eigenvalue weighted by Gasteiger charge is 2.10. The van der Waals surface area contributed by atoms with Gasteiger partial charge in [0.15, 0.2) is 0 Å². The van der Waals surface area contributed by atoms with Crippen molar-refractivity contribution < 1.29 is 4.74 Å². The zero-order valence-corrected chi connectivity index (χ0v) is 20.0. The first-order chi connectivity index (χ1) is 13.5. The molecule has 0 aliphatic carbocycles. The molecule has 0 saturated carbocycles. The summed E-state index contributed by atoms with van der Waals surface area (Å²) in [5, 5.41) is 9.59. The van der Waals surface area contributed by atoms with Crippen molar-refractivity contribution in [1.29, 1.82) is 5.26 Å². The van der Waals surface area contributed by atoms with Crippen LogP contribution in [0, 0.1) is 32.3 Å². The Balaban J connectivity index is 1.84. The fraction of sp³-hybridized carbons (Fsp3) is 0.125. The minimum absolute atomic E-state index is 0.537. The van der Waals surface area contributed by atoms with Crippen molar-refractivity contribution in [2.75, 3.05) is 0 Å². The number of halogens is 2. The molecular formula is C24H19I2NO. The van der Waals surface area contributed by atoms with Crippen molar-refractivity contribution in [2.24, 2.45) is 0 Å². The van der Waals surface area contributed by atoms with Gasteiger partial charge in [0.05, 0.1) is 18.8 Å². The van der Waals surface area contributed by atoms with Crippen LogP contribution in [0.4, 0.5) is 0 Å². The number of benzene rings is 3. The summed E-state index contributed by atoms with van der Waals surface area (Å²) in [6, 6.07) is 22.8. The molecule has 28 heavy (non-hydrogen) atoms. The van der Waals surface area contributed by atoms with Gasteiger partial charge in [-0.3, -0.25) is 0 Å². The van der Waals surface area contributed by atoms with E-state index in [1.54, 1.807) is 0 Å². The first-order valence-corrected chi connectivity index (χ1v) is 11.0. The lowest BCUT2D eigenvalue weighted by atomic mass is 10.0. The second-order valence-corrected chi connectivity index (χ2v) is 8.95. The highest BCUT2D eigenvalue weighted by atomic mass is 127. The van der Waals surface area contributed by atoms with E-state index in [0.29, 0.717) is 12.2 Å². The van der Waals surface area contributed by atoms with Gasteiger partial charge < -0.3 is 4.74 Å². The summed E-state index contributed by atoms with van der Waals surface area (Å²) < 4.78 is 8.16. The molecular weight excluding hydrogens is 572 g/mol. The normalized spacial score (nSPS) is 11.2. The first kappa shape index (κ1) is 20.9. The highest BCUT2D eigenvalue weighted by molar-refractivity contribution is 14.1. The van der Waals surface area contributed by atoms with Crippen LogP contribution in [-0.2, 0) is 6.61 Å². The average molecular weight is 591 g/mol. The molecule has 3 aromatic carbocycles. The molecule has 0 aliphatic heterocycles. The summed E-state index contributed by atoms with van der Waals surface area (Å²) in [6.45, 7) is 4.66. The van der Waals surface area contributed by atoms with E-state index in [-0.39, 0.29) is 0 Å². The second kappa shape index (κ2) is 9.57. The topological polar surface area (TPSA) is 33.0 Å². The van der Waals surface area contributed by atoms with E-state index in [0.717, 1.165) is 29.6 Å². The molecule has 3 aromatic rings. The molecule has 140 valence electrons. The molecule has 2 nitrogen and oxygen atoms in total. The second-order valence-electron chi connectivity index (χ2n) is 6.63. The number of nitriles is 1. The summed E-state index contributed by atoms with van der Waals surface area (Å²) in [5.74, 6) is 0.883. The summed E-state index contributed by atoms with van der Waals surface area (Å²) in [7, 11) is 0. The molecule has 0 aromatic heterocycles. The van der Waals surface area contributed by atoms with E-state index in [2.05, 4.69) is 88.5 Å². The lowest BCUT2D eigenvalue weighted by Gasteiger charge is -2.12. The molecule has 0 saturated heterocycles. The van der Waals surface area contributed by atoms with Crippen LogP contribution in [0.25, 0.3) is 11.6 Å². The molecule has 0 unspecified atom stereocenters. The summed E-state index contributed by atoms with van der Waals surface area (Å²) in [5.41, 5.74) is 6.14. The maximum atomic E-state index is 9.59. The lowest BCUT2D eigenvalue weighted by Crippen LogP contribution is -2.00. The zero-order valence-electron chi connectivity index (χ0n) is 15.7. The molecule has 0 radical (unpaired) electrons. The van der Waals surface area contributed by atoms with E-state index in [1.807, 2.05) is 43.3 Å². The quantitative estimate of drug-likeness (QED) is 0.179. The van der Waals surface area contributed by atoms with Crippen LogP contribution in [0.5, 0.6) is 5.75 Å². The Bertz CT molecular complexity index is 1040. The van der Waals surface area contributed by atoms with Gasteiger partial charge in [-0.1, -0.05) is 59.7 Å². The molecule has 0 fully saturated rings. The van der Waals surface area contributed by atoms with Crippen molar-refractivity contribution in [1.82, 2.24) is 0 Å². The molecule has 3 rings (SSSR count). The third kappa shape index (κ3) is 5.36. The fourth-order valence-electron chi connectivity index (χ4n) is 2.84. The predicted molar refractivity (Wildman–Crippen MR) is 132 cm³/mol. The maximum Gasteiger partial charge on any atom is 0.146 e. The maximum absolute atomic E-state index is 9.59. The molecule has 0 N–H and O–H groups in total. The van der Waals surface area contributed by atoms with Gasteiger partial charge in [-0.05, 0) is 93.9 Å². The van der Waals surface area contributed by atoms with E-state index in [9.17, 15) is 5.26 Å². The van der Waals surface area contributed by atoms with Gasteiger partial charge in [0.2, 0.25) is 0 Å². The van der Waals surface area contributed by atoms with E-state index in [1.165, 1.54) is 11.1 Å². The molecule has 4 heteroatoms. The Morgan fingerprint density at radius 1 is 0.964 bits per heavy atom. The monoisotopic (exact) mass is 591 g/mol. The lowest BCUT2D eigenvalue weighted by molar-refractivity contribution is 0.301. The van der Waals surface area contributed by atoms with Crippen molar-refractivity contribution in [3.8, 4) is 11.8 Å². The number of hydrogen-bond donors (Lipinski definition) is 0. The fourth-order valence-corrected chi connectivity index (χ4v) is 4.97. The van der Waals surface area contributed by atoms with Gasteiger partial charge in [-0.2, -0.15) is 5.26 Å². The van der Waals surface area contributed by atoms with Gasteiger partial charge in [0.1, 0.15) is 12.4 Å². The Kier molecular flexibility index (Phi) is 7.13. The van der Waals surface area contributed by atoms with E-state index >= 15 is 0 Å². The van der Waals surface area contributed by atoms with Crippen molar-refractivity contribution >= 4 is 56.8 Å². The van der Waals surface area contributed by atoms with Gasteiger partial charge in [-0.15, -0.1) is 0 Å². The number of hydrogen-bond acceptors (Lipinski definition) is 2. The van der Waals surface area contributed by atoms with Crippen LogP contribution in [-0.4, -0.2) is 0 Å². The number of nitrogens with zero attached hydrogens (tertiary/aromatic N) is 1. The van der Waals surface area contributed by atoms with Crippen LogP contribution in [0.3, 0.4) is 0 Å². The molecule has 0 spiro atoms. The van der Waals surface area contributed by atoms with Gasteiger partial charge in [-0.25, -0.2) is 0 Å². The van der Waals surface area contributed by atoms with Gasteiger partial charge in [0.25, 0.3) is 0 Å². The SMILES string of the molecule is Cc1ccc(/C(C#N)=C\c2cc(I)c(OCc3cccc(C)c3)c(I)c2)cc1. The van der Waals surface area contributed by atoms with Crippen LogP contribution in [0.1, 0.15) is 27.8 Å². The van der Waals surface area contributed by atoms with Crippen LogP contribution >= 0.6 is 45.2 Å². The minimum atomic E-state index is 0.537. The van der Waals surface area contributed by atoms with Crippen molar-refractivity contribution in [2.45, 2.75) is 20.5 Å². The Morgan fingerprint density at radius 3 is 2.25 bits per heavy atom. The third-order valence-electron chi connectivity index (χ3n) is 4.28. The smallest absolute Gasteiger partial charge is 0.146 e. The van der Waals surface area contributed by atoms with Crippen molar-refractivity contribution in [3.05, 3.63) is 95.6 Å². The number of rotatable bonds is 5. The number of ether oxygens (including phenoxy) is 1. The molecule has 0 bridgehead atoms. The number of allylic oxidation sites excluding steroid dienone is 1. The van der Waals surface area contributed by atoms with Crippen LogP contribution < -0.4 is 4.74 Å². The van der Waals surface area contributed by atoms with Gasteiger partial charge >= 0.3 is 0 Å². The Morgan fingerprint density at radius 2 is 1.64 bits per heavy atom. The third-order valence-corrected chi connectivity index (χ3v) is 5.88. The average Bonchev–Trinajstić information content (AvgIpc) is 2.66. The highest BCUT2D eigenvalue weighted by Crippen LogP contribution is 2.31.